The lowest BCUT2D eigenvalue weighted by atomic mass is 9.70. The van der Waals surface area contributed by atoms with Gasteiger partial charge in [0.2, 0.25) is 0 Å². The van der Waals surface area contributed by atoms with Gasteiger partial charge < -0.3 is 0 Å². The molecular weight excluding hydrogens is 272 g/mol. The maximum Gasteiger partial charge on any atom is 0.0963 e. The molecule has 0 saturated heterocycles. The predicted molar refractivity (Wildman–Crippen MR) is 92.6 cm³/mol. The molecule has 0 aromatic rings. The van der Waals surface area contributed by atoms with Crippen LogP contribution < -0.4 is 0 Å². The van der Waals surface area contributed by atoms with Gasteiger partial charge in [-0.25, -0.2) is 9.78 Å². The second kappa shape index (κ2) is 7.21. The van der Waals surface area contributed by atoms with Gasteiger partial charge in [-0.05, 0) is 48.3 Å². The van der Waals surface area contributed by atoms with Crippen molar-refractivity contribution in [2.45, 2.75) is 105 Å². The van der Waals surface area contributed by atoms with Gasteiger partial charge in [0, 0.05) is 0 Å². The Morgan fingerprint density at radius 3 is 1.18 bits per heavy atom. The van der Waals surface area contributed by atoms with Crippen molar-refractivity contribution in [2.24, 2.45) is 22.7 Å². The van der Waals surface area contributed by atoms with E-state index in [4.69, 9.17) is 9.78 Å². The van der Waals surface area contributed by atoms with Crippen molar-refractivity contribution in [3.05, 3.63) is 0 Å². The first-order valence-corrected chi connectivity index (χ1v) is 9.52. The largest absolute Gasteiger partial charge is 0.233 e. The maximum atomic E-state index is 6.09. The third-order valence-electron chi connectivity index (χ3n) is 5.93. The Morgan fingerprint density at radius 1 is 0.545 bits per heavy atom. The molecule has 0 aromatic heterocycles. The molecular formula is C20H38O2. The van der Waals surface area contributed by atoms with E-state index in [2.05, 4.69) is 41.5 Å². The summed E-state index contributed by atoms with van der Waals surface area (Å²) < 4.78 is 0. The summed E-state index contributed by atoms with van der Waals surface area (Å²) in [5.41, 5.74) is 0.620. The zero-order valence-corrected chi connectivity index (χ0v) is 15.8. The highest BCUT2D eigenvalue weighted by atomic mass is 17.2. The molecule has 0 heterocycles. The average Bonchev–Trinajstić information content (AvgIpc) is 2.44. The van der Waals surface area contributed by atoms with Crippen molar-refractivity contribution in [3.8, 4) is 0 Å². The van der Waals surface area contributed by atoms with Gasteiger partial charge >= 0.3 is 0 Å². The second-order valence-electron chi connectivity index (χ2n) is 9.78. The normalized spacial score (nSPS) is 34.6. The van der Waals surface area contributed by atoms with Crippen LogP contribution in [0.2, 0.25) is 0 Å². The van der Waals surface area contributed by atoms with E-state index < -0.39 is 0 Å². The Balaban J connectivity index is 1.94. The first-order chi connectivity index (χ1) is 10.2. The Bertz CT molecular complexity index is 303. The minimum absolute atomic E-state index is 0.288. The van der Waals surface area contributed by atoms with Crippen molar-refractivity contribution in [3.63, 3.8) is 0 Å². The topological polar surface area (TPSA) is 18.5 Å². The first-order valence-electron chi connectivity index (χ1n) is 9.52. The number of hydrogen-bond donors (Lipinski definition) is 0. The van der Waals surface area contributed by atoms with Crippen LogP contribution in [-0.2, 0) is 9.78 Å². The third-order valence-corrected chi connectivity index (χ3v) is 5.93. The molecule has 0 amide bonds. The molecule has 0 aromatic carbocycles. The van der Waals surface area contributed by atoms with Crippen molar-refractivity contribution < 1.29 is 9.78 Å². The van der Waals surface area contributed by atoms with E-state index in [0.29, 0.717) is 22.7 Å². The zero-order valence-electron chi connectivity index (χ0n) is 15.8. The minimum atomic E-state index is 0.288. The maximum absolute atomic E-state index is 6.09. The van der Waals surface area contributed by atoms with E-state index >= 15 is 0 Å². The molecule has 4 atom stereocenters. The minimum Gasteiger partial charge on any atom is -0.233 e. The summed E-state index contributed by atoms with van der Waals surface area (Å²) in [5, 5.41) is 0. The summed E-state index contributed by atoms with van der Waals surface area (Å²) >= 11 is 0. The van der Waals surface area contributed by atoms with E-state index in [1.165, 1.54) is 38.5 Å². The molecule has 2 saturated carbocycles. The van der Waals surface area contributed by atoms with Gasteiger partial charge in [-0.1, -0.05) is 67.2 Å². The van der Waals surface area contributed by atoms with Crippen LogP contribution in [0.5, 0.6) is 0 Å². The molecule has 2 fully saturated rings. The van der Waals surface area contributed by atoms with Crippen molar-refractivity contribution in [1.29, 1.82) is 0 Å². The molecule has 0 aliphatic heterocycles. The highest BCUT2D eigenvalue weighted by molar-refractivity contribution is 4.86. The van der Waals surface area contributed by atoms with Crippen LogP contribution in [-0.4, -0.2) is 12.2 Å². The third kappa shape index (κ3) is 4.71. The molecule has 0 radical (unpaired) electrons. The van der Waals surface area contributed by atoms with Crippen LogP contribution in [0.4, 0.5) is 0 Å². The second-order valence-corrected chi connectivity index (χ2v) is 9.78. The lowest BCUT2D eigenvalue weighted by Crippen LogP contribution is -2.41. The summed E-state index contributed by atoms with van der Waals surface area (Å²) in [6.45, 7) is 14.1. The smallest absolute Gasteiger partial charge is 0.0963 e. The van der Waals surface area contributed by atoms with Crippen LogP contribution in [0.1, 0.15) is 92.9 Å². The fourth-order valence-electron chi connectivity index (χ4n) is 4.55. The summed E-state index contributed by atoms with van der Waals surface area (Å²) in [6, 6.07) is 0. The quantitative estimate of drug-likeness (QED) is 0.460. The van der Waals surface area contributed by atoms with Crippen molar-refractivity contribution in [1.82, 2.24) is 0 Å². The van der Waals surface area contributed by atoms with Gasteiger partial charge in [-0.2, -0.15) is 0 Å². The van der Waals surface area contributed by atoms with Crippen molar-refractivity contribution in [2.75, 3.05) is 0 Å². The molecule has 22 heavy (non-hydrogen) atoms. The molecule has 2 heteroatoms. The standard InChI is InChI=1S/C20H38O2/c1-19(2,3)15-11-7-9-13-17(15)21-22-18-14-10-8-12-16(18)20(4,5)6/h15-18H,7-14H2,1-6H3. The lowest BCUT2D eigenvalue weighted by Gasteiger charge is -2.42. The van der Waals surface area contributed by atoms with Gasteiger partial charge in [-0.3, -0.25) is 0 Å². The molecule has 2 rings (SSSR count). The van der Waals surface area contributed by atoms with Crippen LogP contribution in [0.15, 0.2) is 0 Å². The SMILES string of the molecule is CC(C)(C)C1CCCCC1OOC1CCCCC1C(C)(C)C. The van der Waals surface area contributed by atoms with Gasteiger partial charge in [0.05, 0.1) is 12.2 Å². The predicted octanol–water partition coefficient (Wildman–Crippen LogP) is 6.14. The molecule has 130 valence electrons. The van der Waals surface area contributed by atoms with Crippen molar-refractivity contribution >= 4 is 0 Å². The molecule has 0 N–H and O–H groups in total. The van der Waals surface area contributed by atoms with Crippen LogP contribution in [0.25, 0.3) is 0 Å². The monoisotopic (exact) mass is 310 g/mol. The van der Waals surface area contributed by atoms with E-state index in [1.807, 2.05) is 0 Å². The van der Waals surface area contributed by atoms with E-state index in [0.717, 1.165) is 12.8 Å². The van der Waals surface area contributed by atoms with E-state index in [-0.39, 0.29) is 12.2 Å². The molecule has 2 nitrogen and oxygen atoms in total. The van der Waals surface area contributed by atoms with Gasteiger partial charge in [0.15, 0.2) is 0 Å². The number of hydrogen-bond acceptors (Lipinski definition) is 2. The summed E-state index contributed by atoms with van der Waals surface area (Å²) in [7, 11) is 0. The molecule has 2 aliphatic carbocycles. The highest BCUT2D eigenvalue weighted by Gasteiger charge is 2.39. The number of rotatable bonds is 3. The fourth-order valence-corrected chi connectivity index (χ4v) is 4.55. The summed E-state index contributed by atoms with van der Waals surface area (Å²) in [6.07, 6.45) is 10.7. The Morgan fingerprint density at radius 2 is 0.864 bits per heavy atom. The van der Waals surface area contributed by atoms with E-state index in [1.54, 1.807) is 0 Å². The van der Waals surface area contributed by atoms with Gasteiger partial charge in [-0.15, -0.1) is 0 Å². The van der Waals surface area contributed by atoms with Gasteiger partial charge in [0.25, 0.3) is 0 Å². The Labute approximate surface area is 138 Å². The molecule has 4 unspecified atom stereocenters. The van der Waals surface area contributed by atoms with Crippen LogP contribution >= 0.6 is 0 Å². The van der Waals surface area contributed by atoms with E-state index in [9.17, 15) is 0 Å². The summed E-state index contributed by atoms with van der Waals surface area (Å²) in [4.78, 5) is 12.2. The lowest BCUT2D eigenvalue weighted by molar-refractivity contribution is -0.380. The Hall–Kier alpha value is -0.0800. The van der Waals surface area contributed by atoms with Gasteiger partial charge in [0.1, 0.15) is 0 Å². The van der Waals surface area contributed by atoms with Crippen LogP contribution in [0.3, 0.4) is 0 Å². The zero-order chi connectivity index (χ0) is 16.4. The van der Waals surface area contributed by atoms with Crippen LogP contribution in [0, 0.1) is 22.7 Å². The molecule has 0 bridgehead atoms. The average molecular weight is 311 g/mol. The molecule has 0 spiro atoms. The summed E-state index contributed by atoms with van der Waals surface area (Å²) in [5.74, 6) is 1.25. The Kier molecular flexibility index (Phi) is 5.99. The fraction of sp³-hybridized carbons (Fsp3) is 1.00. The molecule has 2 aliphatic rings. The highest BCUT2D eigenvalue weighted by Crippen LogP contribution is 2.42. The first kappa shape index (κ1) is 18.3.